The molecule has 2 nitrogen and oxygen atoms in total. The number of fused-ring (bicyclic) bond motifs is 1. The van der Waals surface area contributed by atoms with E-state index in [-0.39, 0.29) is 11.9 Å². The van der Waals surface area contributed by atoms with Crippen LogP contribution in [0.25, 0.3) is 0 Å². The molecule has 3 rings (SSSR count). The third kappa shape index (κ3) is 2.72. The summed E-state index contributed by atoms with van der Waals surface area (Å²) >= 11 is 12.2. The van der Waals surface area contributed by atoms with Crippen molar-refractivity contribution in [3.63, 3.8) is 0 Å². The fraction of sp³-hybridized carbons (Fsp3) is 0.438. The summed E-state index contributed by atoms with van der Waals surface area (Å²) in [5, 5.41) is 4.29. The van der Waals surface area contributed by atoms with Gasteiger partial charge in [0.15, 0.2) is 0 Å². The number of amides is 1. The van der Waals surface area contributed by atoms with Crippen LogP contribution in [-0.2, 0) is 11.2 Å². The van der Waals surface area contributed by atoms with Crippen molar-refractivity contribution in [2.24, 2.45) is 5.92 Å². The van der Waals surface area contributed by atoms with Crippen LogP contribution >= 0.6 is 23.2 Å². The van der Waals surface area contributed by atoms with Crippen molar-refractivity contribution in [2.45, 2.75) is 38.6 Å². The van der Waals surface area contributed by atoms with E-state index in [2.05, 4.69) is 5.32 Å². The highest BCUT2D eigenvalue weighted by molar-refractivity contribution is 6.42. The van der Waals surface area contributed by atoms with Crippen molar-refractivity contribution in [1.82, 2.24) is 5.32 Å². The van der Waals surface area contributed by atoms with E-state index in [9.17, 15) is 4.79 Å². The van der Waals surface area contributed by atoms with Gasteiger partial charge in [0.2, 0.25) is 5.91 Å². The summed E-state index contributed by atoms with van der Waals surface area (Å²) in [6.07, 6.45) is 5.93. The predicted molar refractivity (Wildman–Crippen MR) is 82.1 cm³/mol. The monoisotopic (exact) mass is 309 g/mol. The molecule has 1 aromatic carbocycles. The fourth-order valence-electron chi connectivity index (χ4n) is 2.86. The lowest BCUT2D eigenvalue weighted by Crippen LogP contribution is -2.25. The number of nitrogens with one attached hydrogen (secondary N) is 1. The Labute approximate surface area is 129 Å². The molecule has 1 unspecified atom stereocenters. The van der Waals surface area contributed by atoms with E-state index in [1.165, 1.54) is 18.4 Å². The summed E-state index contributed by atoms with van der Waals surface area (Å²) < 4.78 is 0. The van der Waals surface area contributed by atoms with Gasteiger partial charge < -0.3 is 5.32 Å². The quantitative estimate of drug-likeness (QED) is 0.821. The molecule has 1 atom stereocenters. The molecule has 4 heteroatoms. The number of carbonyl (C=O) groups is 1. The second-order valence-corrected chi connectivity index (χ2v) is 6.48. The lowest BCUT2D eigenvalue weighted by Gasteiger charge is -2.13. The van der Waals surface area contributed by atoms with Crippen molar-refractivity contribution in [3.8, 4) is 0 Å². The first kappa shape index (κ1) is 14.0. The molecule has 1 amide bonds. The zero-order valence-electron chi connectivity index (χ0n) is 11.4. The molecule has 0 heterocycles. The van der Waals surface area contributed by atoms with E-state index in [0.717, 1.165) is 24.0 Å². The van der Waals surface area contributed by atoms with Crippen LogP contribution in [0.4, 0.5) is 0 Å². The topological polar surface area (TPSA) is 29.1 Å². The Morgan fingerprint density at radius 3 is 2.75 bits per heavy atom. The zero-order chi connectivity index (χ0) is 14.3. The molecule has 2 aliphatic carbocycles. The summed E-state index contributed by atoms with van der Waals surface area (Å²) in [4.78, 5) is 12.1. The van der Waals surface area contributed by atoms with Gasteiger partial charge in [-0.15, -0.1) is 0 Å². The highest BCUT2D eigenvalue weighted by atomic mass is 35.5. The normalized spacial score (nSPS) is 21.8. The van der Waals surface area contributed by atoms with Crippen LogP contribution in [0.3, 0.4) is 0 Å². The Morgan fingerprint density at radius 2 is 2.05 bits per heavy atom. The Hall–Kier alpha value is -0.990. The Morgan fingerprint density at radius 1 is 1.30 bits per heavy atom. The van der Waals surface area contributed by atoms with Gasteiger partial charge in [0, 0.05) is 6.08 Å². The van der Waals surface area contributed by atoms with Crippen molar-refractivity contribution < 1.29 is 4.79 Å². The minimum atomic E-state index is -0.00155. The molecule has 1 aromatic rings. The van der Waals surface area contributed by atoms with Crippen molar-refractivity contribution in [2.75, 3.05) is 0 Å². The first-order valence-electron chi connectivity index (χ1n) is 7.01. The Balaban J connectivity index is 1.73. The van der Waals surface area contributed by atoms with Crippen molar-refractivity contribution in [1.29, 1.82) is 0 Å². The maximum absolute atomic E-state index is 12.1. The molecule has 2 aliphatic rings. The molecular weight excluding hydrogens is 293 g/mol. The molecule has 0 aliphatic heterocycles. The minimum absolute atomic E-state index is 0.00155. The number of halogens is 2. The number of allylic oxidation sites excluding steroid dienone is 1. The van der Waals surface area contributed by atoms with Gasteiger partial charge >= 0.3 is 0 Å². The van der Waals surface area contributed by atoms with E-state index in [1.807, 2.05) is 13.0 Å². The SMILES string of the molecule is C/C(=C/C(=O)NC1CCc2c1ccc(Cl)c2Cl)C1CC1. The van der Waals surface area contributed by atoms with E-state index in [4.69, 9.17) is 23.2 Å². The molecular formula is C16H17Cl2NO. The summed E-state index contributed by atoms with van der Waals surface area (Å²) in [6, 6.07) is 3.83. The number of benzene rings is 1. The van der Waals surface area contributed by atoms with Gasteiger partial charge in [-0.1, -0.05) is 34.8 Å². The largest absolute Gasteiger partial charge is 0.346 e. The Kier molecular flexibility index (Phi) is 3.78. The van der Waals surface area contributed by atoms with Crippen LogP contribution in [0, 0.1) is 5.92 Å². The first-order valence-corrected chi connectivity index (χ1v) is 7.77. The van der Waals surface area contributed by atoms with Gasteiger partial charge in [-0.05, 0) is 55.7 Å². The van der Waals surface area contributed by atoms with Crippen LogP contribution in [0.1, 0.15) is 43.4 Å². The minimum Gasteiger partial charge on any atom is -0.346 e. The highest BCUT2D eigenvalue weighted by Crippen LogP contribution is 2.39. The summed E-state index contributed by atoms with van der Waals surface area (Å²) in [5.74, 6) is 0.628. The van der Waals surface area contributed by atoms with Crippen LogP contribution in [-0.4, -0.2) is 5.91 Å². The lowest BCUT2D eigenvalue weighted by atomic mass is 10.1. The highest BCUT2D eigenvalue weighted by Gasteiger charge is 2.27. The number of carbonyl (C=O) groups excluding carboxylic acids is 1. The molecule has 0 aromatic heterocycles. The first-order chi connectivity index (χ1) is 9.56. The molecule has 0 radical (unpaired) electrons. The van der Waals surface area contributed by atoms with Crippen LogP contribution < -0.4 is 5.32 Å². The molecule has 1 saturated carbocycles. The number of rotatable bonds is 3. The standard InChI is InChI=1S/C16H17Cl2NO/c1-9(10-2-3-10)8-15(20)19-14-7-5-12-11(14)4-6-13(17)16(12)18/h4,6,8,10,14H,2-3,5,7H2,1H3,(H,19,20)/b9-8-. The lowest BCUT2D eigenvalue weighted by molar-refractivity contribution is -0.117. The van der Waals surface area contributed by atoms with E-state index in [1.54, 1.807) is 12.1 Å². The second kappa shape index (κ2) is 5.42. The average Bonchev–Trinajstić information content (AvgIpc) is 3.18. The molecule has 0 bridgehead atoms. The van der Waals surface area contributed by atoms with Gasteiger partial charge in [0.25, 0.3) is 0 Å². The zero-order valence-corrected chi connectivity index (χ0v) is 12.9. The van der Waals surface area contributed by atoms with Gasteiger partial charge in [-0.25, -0.2) is 0 Å². The maximum Gasteiger partial charge on any atom is 0.244 e. The van der Waals surface area contributed by atoms with E-state index in [0.29, 0.717) is 16.0 Å². The van der Waals surface area contributed by atoms with E-state index >= 15 is 0 Å². The number of hydrogen-bond donors (Lipinski definition) is 1. The van der Waals surface area contributed by atoms with Gasteiger partial charge in [0.05, 0.1) is 16.1 Å². The Bertz CT molecular complexity index is 590. The molecule has 0 spiro atoms. The van der Waals surface area contributed by atoms with Crippen LogP contribution in [0.2, 0.25) is 10.0 Å². The molecule has 1 fully saturated rings. The maximum atomic E-state index is 12.1. The third-order valence-electron chi connectivity index (χ3n) is 4.19. The molecule has 106 valence electrons. The third-order valence-corrected chi connectivity index (χ3v) is 5.03. The van der Waals surface area contributed by atoms with Crippen LogP contribution in [0.15, 0.2) is 23.8 Å². The van der Waals surface area contributed by atoms with Crippen LogP contribution in [0.5, 0.6) is 0 Å². The van der Waals surface area contributed by atoms with Gasteiger partial charge in [-0.2, -0.15) is 0 Å². The van der Waals surface area contributed by atoms with Gasteiger partial charge in [0.1, 0.15) is 0 Å². The molecule has 1 N–H and O–H groups in total. The van der Waals surface area contributed by atoms with E-state index < -0.39 is 0 Å². The summed E-state index contributed by atoms with van der Waals surface area (Å²) in [6.45, 7) is 2.04. The fourth-order valence-corrected chi connectivity index (χ4v) is 3.30. The molecule has 20 heavy (non-hydrogen) atoms. The number of hydrogen-bond acceptors (Lipinski definition) is 1. The smallest absolute Gasteiger partial charge is 0.244 e. The van der Waals surface area contributed by atoms with Crippen molar-refractivity contribution >= 4 is 29.1 Å². The van der Waals surface area contributed by atoms with Gasteiger partial charge in [-0.3, -0.25) is 4.79 Å². The second-order valence-electron chi connectivity index (χ2n) is 5.69. The summed E-state index contributed by atoms with van der Waals surface area (Å²) in [7, 11) is 0. The average molecular weight is 310 g/mol. The summed E-state index contributed by atoms with van der Waals surface area (Å²) in [5.41, 5.74) is 3.37. The van der Waals surface area contributed by atoms with Crippen molar-refractivity contribution in [3.05, 3.63) is 45.0 Å². The molecule has 0 saturated heterocycles. The predicted octanol–water partition coefficient (Wildman–Crippen LogP) is 4.45.